The average Bonchev–Trinajstić information content (AvgIpc) is 2.62. The monoisotopic (exact) mass is 408 g/mol. The smallest absolute Gasteiger partial charge is 0.234 e. The minimum atomic E-state index is -0.261. The molecule has 0 fully saturated rings. The number of anilines is 2. The zero-order valence-corrected chi connectivity index (χ0v) is 16.9. The molecule has 0 aliphatic rings. The largest absolute Gasteiger partial charge is 0.495 e. The molecule has 27 heavy (non-hydrogen) atoms. The van der Waals surface area contributed by atoms with E-state index in [9.17, 15) is 9.59 Å². The molecule has 0 unspecified atom stereocenters. The van der Waals surface area contributed by atoms with E-state index < -0.39 is 0 Å². The van der Waals surface area contributed by atoms with Crippen LogP contribution >= 0.6 is 23.4 Å². The Bertz CT molecular complexity index is 829. The van der Waals surface area contributed by atoms with Gasteiger partial charge in [0.25, 0.3) is 0 Å². The van der Waals surface area contributed by atoms with Crippen molar-refractivity contribution in [2.24, 2.45) is 0 Å². The van der Waals surface area contributed by atoms with Gasteiger partial charge in [-0.2, -0.15) is 0 Å². The van der Waals surface area contributed by atoms with Crippen LogP contribution in [0.2, 0.25) is 5.02 Å². The number of ether oxygens (including phenoxy) is 2. The first-order valence-corrected chi connectivity index (χ1v) is 9.62. The first kappa shape index (κ1) is 20.9. The van der Waals surface area contributed by atoms with Gasteiger partial charge in [0, 0.05) is 11.8 Å². The van der Waals surface area contributed by atoms with E-state index >= 15 is 0 Å². The molecule has 0 bridgehead atoms. The predicted molar refractivity (Wildman–Crippen MR) is 110 cm³/mol. The van der Waals surface area contributed by atoms with Gasteiger partial charge in [-0.25, -0.2) is 0 Å². The van der Waals surface area contributed by atoms with Gasteiger partial charge in [0.05, 0.1) is 36.4 Å². The molecule has 2 aromatic rings. The summed E-state index contributed by atoms with van der Waals surface area (Å²) in [6, 6.07) is 10.7. The Morgan fingerprint density at radius 2 is 1.67 bits per heavy atom. The fraction of sp³-hybridized carbons (Fsp3) is 0.263. The molecule has 0 atom stereocenters. The van der Waals surface area contributed by atoms with Crippen LogP contribution in [0, 0.1) is 6.92 Å². The highest BCUT2D eigenvalue weighted by Crippen LogP contribution is 2.35. The second kappa shape index (κ2) is 10.1. The third-order valence-corrected chi connectivity index (χ3v) is 4.74. The lowest BCUT2D eigenvalue weighted by molar-refractivity contribution is -0.114. The molecule has 0 radical (unpaired) electrons. The molecule has 0 saturated heterocycles. The predicted octanol–water partition coefficient (Wildman–Crippen LogP) is 3.98. The number of aryl methyl sites for hydroxylation is 1. The van der Waals surface area contributed by atoms with Crippen LogP contribution in [-0.2, 0) is 9.59 Å². The van der Waals surface area contributed by atoms with Crippen molar-refractivity contribution in [1.29, 1.82) is 0 Å². The van der Waals surface area contributed by atoms with Crippen LogP contribution in [0.25, 0.3) is 0 Å². The molecular formula is C19H21ClN2O4S. The number of nitrogens with one attached hydrogen (secondary N) is 2. The van der Waals surface area contributed by atoms with E-state index in [0.29, 0.717) is 22.2 Å². The van der Waals surface area contributed by atoms with Gasteiger partial charge in [0.1, 0.15) is 11.5 Å². The molecule has 2 N–H and O–H groups in total. The number of rotatable bonds is 8. The molecule has 0 aromatic heterocycles. The number of amides is 2. The van der Waals surface area contributed by atoms with Crippen molar-refractivity contribution in [3.05, 3.63) is 47.0 Å². The molecule has 0 aliphatic carbocycles. The summed E-state index contributed by atoms with van der Waals surface area (Å²) in [7, 11) is 2.99. The van der Waals surface area contributed by atoms with Crippen molar-refractivity contribution >= 4 is 46.6 Å². The van der Waals surface area contributed by atoms with Crippen molar-refractivity contribution in [1.82, 2.24) is 0 Å². The second-order valence-corrected chi connectivity index (χ2v) is 7.04. The fourth-order valence-corrected chi connectivity index (χ4v) is 3.16. The summed E-state index contributed by atoms with van der Waals surface area (Å²) in [5, 5.41) is 5.89. The molecule has 144 valence electrons. The molecule has 0 spiro atoms. The Labute approximate surface area is 167 Å². The van der Waals surface area contributed by atoms with Crippen LogP contribution in [0.1, 0.15) is 5.56 Å². The number of methoxy groups -OCH3 is 2. The number of halogens is 1. The summed E-state index contributed by atoms with van der Waals surface area (Å²) in [5.74, 6) is 0.752. The molecular weight excluding hydrogens is 388 g/mol. The molecule has 2 amide bonds. The van der Waals surface area contributed by atoms with Crippen LogP contribution in [0.15, 0.2) is 36.4 Å². The zero-order chi connectivity index (χ0) is 19.8. The molecule has 0 saturated carbocycles. The fourth-order valence-electron chi connectivity index (χ4n) is 2.30. The Kier molecular flexibility index (Phi) is 7.82. The summed E-state index contributed by atoms with van der Waals surface area (Å²) in [6.07, 6.45) is 0. The van der Waals surface area contributed by atoms with E-state index in [4.69, 9.17) is 21.1 Å². The van der Waals surface area contributed by atoms with Gasteiger partial charge in [-0.3, -0.25) is 9.59 Å². The normalized spacial score (nSPS) is 10.2. The Balaban J connectivity index is 1.84. The lowest BCUT2D eigenvalue weighted by Crippen LogP contribution is -2.18. The van der Waals surface area contributed by atoms with Crippen LogP contribution < -0.4 is 20.1 Å². The first-order valence-electron chi connectivity index (χ1n) is 8.08. The summed E-state index contributed by atoms with van der Waals surface area (Å²) in [4.78, 5) is 24.1. The van der Waals surface area contributed by atoms with Crippen molar-refractivity contribution in [3.8, 4) is 11.5 Å². The average molecular weight is 409 g/mol. The summed E-state index contributed by atoms with van der Waals surface area (Å²) >= 11 is 7.30. The van der Waals surface area contributed by atoms with E-state index in [1.54, 1.807) is 12.1 Å². The zero-order valence-electron chi connectivity index (χ0n) is 15.3. The summed E-state index contributed by atoms with van der Waals surface area (Å²) in [5.41, 5.74) is 2.24. The van der Waals surface area contributed by atoms with Crippen LogP contribution in [-0.4, -0.2) is 37.5 Å². The quantitative estimate of drug-likeness (QED) is 0.691. The highest BCUT2D eigenvalue weighted by molar-refractivity contribution is 8.00. The van der Waals surface area contributed by atoms with Gasteiger partial charge in [-0.1, -0.05) is 23.7 Å². The number of carbonyl (C=O) groups excluding carboxylic acids is 2. The lowest BCUT2D eigenvalue weighted by Gasteiger charge is -2.13. The number of hydrogen-bond acceptors (Lipinski definition) is 5. The second-order valence-electron chi connectivity index (χ2n) is 5.65. The summed E-state index contributed by atoms with van der Waals surface area (Å²) in [6.45, 7) is 1.95. The molecule has 2 aromatic carbocycles. The Hall–Kier alpha value is -2.38. The van der Waals surface area contributed by atoms with E-state index in [1.165, 1.54) is 26.0 Å². The van der Waals surface area contributed by atoms with Crippen LogP contribution in [0.4, 0.5) is 11.4 Å². The molecule has 2 rings (SSSR count). The Morgan fingerprint density at radius 1 is 1.00 bits per heavy atom. The lowest BCUT2D eigenvalue weighted by atomic mass is 10.2. The standard InChI is InChI=1S/C19H21ClN2O4S/c1-12-5-4-6-13(7-12)21-18(23)10-27-11-19(24)22-15-8-14(20)16(25-2)9-17(15)26-3/h4-9H,10-11H2,1-3H3,(H,21,23)(H,22,24). The van der Waals surface area contributed by atoms with Crippen LogP contribution in [0.3, 0.4) is 0 Å². The maximum atomic E-state index is 12.1. The van der Waals surface area contributed by atoms with Gasteiger partial charge in [0.2, 0.25) is 11.8 Å². The van der Waals surface area contributed by atoms with Gasteiger partial charge in [-0.15, -0.1) is 11.8 Å². The highest BCUT2D eigenvalue weighted by atomic mass is 35.5. The summed E-state index contributed by atoms with van der Waals surface area (Å²) < 4.78 is 10.4. The molecule has 0 heterocycles. The third-order valence-electron chi connectivity index (χ3n) is 3.52. The van der Waals surface area contributed by atoms with Crippen molar-refractivity contribution in [2.45, 2.75) is 6.92 Å². The van der Waals surface area contributed by atoms with Crippen molar-refractivity contribution < 1.29 is 19.1 Å². The third kappa shape index (κ3) is 6.37. The minimum absolute atomic E-state index is 0.119. The van der Waals surface area contributed by atoms with E-state index in [-0.39, 0.29) is 23.3 Å². The number of benzene rings is 2. The number of thioether (sulfide) groups is 1. The van der Waals surface area contributed by atoms with E-state index in [0.717, 1.165) is 11.3 Å². The SMILES string of the molecule is COc1cc(OC)c(NC(=O)CSCC(=O)Nc2cccc(C)c2)cc1Cl. The Morgan fingerprint density at radius 3 is 2.30 bits per heavy atom. The van der Waals surface area contributed by atoms with E-state index in [1.807, 2.05) is 31.2 Å². The maximum Gasteiger partial charge on any atom is 0.234 e. The number of hydrogen-bond donors (Lipinski definition) is 2. The van der Waals surface area contributed by atoms with Gasteiger partial charge in [0.15, 0.2) is 0 Å². The highest BCUT2D eigenvalue weighted by Gasteiger charge is 2.13. The maximum absolute atomic E-state index is 12.1. The number of carbonyl (C=O) groups is 2. The first-order chi connectivity index (χ1) is 12.9. The van der Waals surface area contributed by atoms with Gasteiger partial charge in [-0.05, 0) is 30.7 Å². The van der Waals surface area contributed by atoms with Gasteiger partial charge >= 0.3 is 0 Å². The van der Waals surface area contributed by atoms with E-state index in [2.05, 4.69) is 10.6 Å². The topological polar surface area (TPSA) is 76.7 Å². The van der Waals surface area contributed by atoms with Gasteiger partial charge < -0.3 is 20.1 Å². The van der Waals surface area contributed by atoms with Crippen LogP contribution in [0.5, 0.6) is 11.5 Å². The van der Waals surface area contributed by atoms with Crippen molar-refractivity contribution in [2.75, 3.05) is 36.4 Å². The molecule has 6 nitrogen and oxygen atoms in total. The minimum Gasteiger partial charge on any atom is -0.495 e. The molecule has 0 aliphatic heterocycles. The molecule has 8 heteroatoms. The van der Waals surface area contributed by atoms with Crippen molar-refractivity contribution in [3.63, 3.8) is 0 Å².